The monoisotopic (exact) mass is 465 g/mol. The van der Waals surface area contributed by atoms with E-state index < -0.39 is 12.2 Å². The zero-order chi connectivity index (χ0) is 23.4. The number of hydrogen-bond donors (Lipinski definition) is 3. The quantitative estimate of drug-likeness (QED) is 0.542. The van der Waals surface area contributed by atoms with Gasteiger partial charge >= 0.3 is 0 Å². The first-order chi connectivity index (χ1) is 15.9. The van der Waals surface area contributed by atoms with Crippen molar-refractivity contribution in [3.63, 3.8) is 0 Å². The van der Waals surface area contributed by atoms with Crippen LogP contribution in [0.5, 0.6) is 0 Å². The summed E-state index contributed by atoms with van der Waals surface area (Å²) in [6.07, 6.45) is 8.89. The summed E-state index contributed by atoms with van der Waals surface area (Å²) in [4.78, 5) is 29.3. The van der Waals surface area contributed by atoms with Crippen LogP contribution in [-0.2, 0) is 14.3 Å². The molecular formula is C25H43N3O5. The number of aliphatic hydroxyl groups excluding tert-OH is 2. The minimum absolute atomic E-state index is 0.0174. The third-order valence-corrected chi connectivity index (χ3v) is 8.62. The summed E-state index contributed by atoms with van der Waals surface area (Å²) < 4.78 is 5.90. The van der Waals surface area contributed by atoms with Crippen molar-refractivity contribution in [1.29, 1.82) is 0 Å². The zero-order valence-electron chi connectivity index (χ0n) is 19.9. The first-order valence-corrected chi connectivity index (χ1v) is 13.2. The zero-order valence-corrected chi connectivity index (χ0v) is 19.9. The topological polar surface area (TPSA) is 116 Å². The molecule has 0 bridgehead atoms. The van der Waals surface area contributed by atoms with Crippen molar-refractivity contribution >= 4 is 11.8 Å². The molecule has 4 fully saturated rings. The third kappa shape index (κ3) is 6.27. The Kier molecular flexibility index (Phi) is 8.65. The molecule has 5 unspecified atom stereocenters. The van der Waals surface area contributed by atoms with E-state index >= 15 is 0 Å². The van der Waals surface area contributed by atoms with Crippen molar-refractivity contribution in [1.82, 2.24) is 9.80 Å². The van der Waals surface area contributed by atoms with E-state index in [1.54, 1.807) is 0 Å². The van der Waals surface area contributed by atoms with Crippen molar-refractivity contribution in [2.45, 2.75) is 82.5 Å². The maximum absolute atomic E-state index is 13.4. The highest BCUT2D eigenvalue weighted by Gasteiger charge is 2.37. The second-order valence-electron chi connectivity index (χ2n) is 10.9. The molecule has 0 aromatic rings. The molecule has 0 aromatic carbocycles. The average Bonchev–Trinajstić information content (AvgIpc) is 3.20. The van der Waals surface area contributed by atoms with Gasteiger partial charge < -0.3 is 30.5 Å². The van der Waals surface area contributed by atoms with Gasteiger partial charge in [-0.15, -0.1) is 0 Å². The van der Waals surface area contributed by atoms with Gasteiger partial charge in [-0.3, -0.25) is 9.59 Å². The number of ether oxygens (including phenoxy) is 1. The minimum Gasteiger partial charge on any atom is -0.388 e. The van der Waals surface area contributed by atoms with Crippen LogP contribution in [0.3, 0.4) is 0 Å². The van der Waals surface area contributed by atoms with E-state index in [4.69, 9.17) is 10.5 Å². The van der Waals surface area contributed by atoms with Gasteiger partial charge in [0.25, 0.3) is 0 Å². The molecule has 2 aliphatic heterocycles. The molecule has 2 heterocycles. The molecule has 0 radical (unpaired) electrons. The SMILES string of the molecule is NCC1CCCC(C2CCCN(C(=O)C3CCCC(OCC(=O)N4C[C@@H](O)[C@@H](O)C4)C3)C2)C1. The molecule has 4 N–H and O–H groups in total. The Morgan fingerprint density at radius 2 is 1.58 bits per heavy atom. The lowest BCUT2D eigenvalue weighted by molar-refractivity contribution is -0.143. The van der Waals surface area contributed by atoms with Crippen LogP contribution in [0.4, 0.5) is 0 Å². The average molecular weight is 466 g/mol. The summed E-state index contributed by atoms with van der Waals surface area (Å²) in [7, 11) is 0. The molecule has 33 heavy (non-hydrogen) atoms. The number of carbonyl (C=O) groups is 2. The maximum atomic E-state index is 13.4. The molecule has 4 aliphatic rings. The fourth-order valence-electron chi connectivity index (χ4n) is 6.60. The molecule has 2 saturated heterocycles. The fourth-order valence-corrected chi connectivity index (χ4v) is 6.60. The Balaban J connectivity index is 1.24. The molecule has 7 atom stereocenters. The van der Waals surface area contributed by atoms with Gasteiger partial charge in [0.1, 0.15) is 6.61 Å². The van der Waals surface area contributed by atoms with Gasteiger partial charge in [-0.05, 0) is 69.2 Å². The van der Waals surface area contributed by atoms with Crippen LogP contribution in [0.15, 0.2) is 0 Å². The number of carbonyl (C=O) groups excluding carboxylic acids is 2. The number of amides is 2. The first kappa shape index (κ1) is 24.9. The lowest BCUT2D eigenvalue weighted by Gasteiger charge is -2.42. The summed E-state index contributed by atoms with van der Waals surface area (Å²) in [6.45, 7) is 2.79. The number of piperidine rings is 1. The van der Waals surface area contributed by atoms with Gasteiger partial charge in [0, 0.05) is 32.1 Å². The Morgan fingerprint density at radius 3 is 2.33 bits per heavy atom. The van der Waals surface area contributed by atoms with Crippen LogP contribution in [-0.4, -0.2) is 89.5 Å². The van der Waals surface area contributed by atoms with Crippen molar-refractivity contribution in [3.8, 4) is 0 Å². The van der Waals surface area contributed by atoms with E-state index in [1.807, 2.05) is 0 Å². The smallest absolute Gasteiger partial charge is 0.248 e. The fraction of sp³-hybridized carbons (Fsp3) is 0.920. The lowest BCUT2D eigenvalue weighted by Crippen LogP contribution is -2.46. The number of nitrogens with two attached hydrogens (primary N) is 1. The normalized spacial score (nSPS) is 37.8. The first-order valence-electron chi connectivity index (χ1n) is 13.2. The molecule has 4 rings (SSSR count). The van der Waals surface area contributed by atoms with E-state index in [0.29, 0.717) is 24.2 Å². The summed E-state index contributed by atoms with van der Waals surface area (Å²) in [5.74, 6) is 2.02. The Bertz CT molecular complexity index is 666. The largest absolute Gasteiger partial charge is 0.388 e. The number of nitrogens with zero attached hydrogens (tertiary/aromatic N) is 2. The molecule has 2 aliphatic carbocycles. The van der Waals surface area contributed by atoms with Crippen molar-refractivity contribution in [2.24, 2.45) is 29.4 Å². The highest BCUT2D eigenvalue weighted by molar-refractivity contribution is 5.79. The molecule has 2 saturated carbocycles. The standard InChI is InChI=1S/C25H43N3O5/c26-12-17-4-1-5-18(10-17)20-7-3-9-27(13-20)25(32)19-6-2-8-21(11-19)33-16-24(31)28-14-22(29)23(30)15-28/h17-23,29-30H,1-16,26H2/t17?,18?,19?,20?,21?,22-,23+. The summed E-state index contributed by atoms with van der Waals surface area (Å²) in [5.41, 5.74) is 5.95. The van der Waals surface area contributed by atoms with Crippen LogP contribution >= 0.6 is 0 Å². The number of likely N-dealkylation sites (tertiary alicyclic amines) is 2. The van der Waals surface area contributed by atoms with Gasteiger partial charge in [0.15, 0.2) is 0 Å². The van der Waals surface area contributed by atoms with Gasteiger partial charge in [-0.1, -0.05) is 19.3 Å². The van der Waals surface area contributed by atoms with E-state index in [0.717, 1.165) is 45.3 Å². The highest BCUT2D eigenvalue weighted by Crippen LogP contribution is 2.38. The van der Waals surface area contributed by atoms with Gasteiger partial charge in [0.05, 0.1) is 18.3 Å². The predicted molar refractivity (Wildman–Crippen MR) is 124 cm³/mol. The van der Waals surface area contributed by atoms with Crippen LogP contribution in [0.1, 0.15) is 64.2 Å². The molecule has 8 nitrogen and oxygen atoms in total. The van der Waals surface area contributed by atoms with E-state index in [2.05, 4.69) is 4.90 Å². The number of β-amino-alcohol motifs (C(OH)–C–C–N with tert-alkyl or cyclic N) is 2. The molecular weight excluding hydrogens is 422 g/mol. The van der Waals surface area contributed by atoms with Crippen LogP contribution in [0.25, 0.3) is 0 Å². The highest BCUT2D eigenvalue weighted by atomic mass is 16.5. The minimum atomic E-state index is -0.881. The summed E-state index contributed by atoms with van der Waals surface area (Å²) in [5, 5.41) is 19.3. The van der Waals surface area contributed by atoms with E-state index in [1.165, 1.54) is 37.0 Å². The van der Waals surface area contributed by atoms with E-state index in [-0.39, 0.29) is 43.5 Å². The Labute approximate surface area is 197 Å². The van der Waals surface area contributed by atoms with Crippen molar-refractivity contribution < 1.29 is 24.5 Å². The second kappa shape index (κ2) is 11.5. The number of hydrogen-bond acceptors (Lipinski definition) is 6. The van der Waals surface area contributed by atoms with Crippen molar-refractivity contribution in [2.75, 3.05) is 39.3 Å². The Morgan fingerprint density at radius 1 is 0.848 bits per heavy atom. The Hall–Kier alpha value is -1.22. The molecule has 0 aromatic heterocycles. The molecule has 2 amide bonds. The van der Waals surface area contributed by atoms with E-state index in [9.17, 15) is 19.8 Å². The van der Waals surface area contributed by atoms with Gasteiger partial charge in [-0.2, -0.15) is 0 Å². The van der Waals surface area contributed by atoms with Crippen LogP contribution in [0.2, 0.25) is 0 Å². The molecule has 0 spiro atoms. The lowest BCUT2D eigenvalue weighted by atomic mass is 9.72. The molecule has 188 valence electrons. The predicted octanol–water partition coefficient (Wildman–Crippen LogP) is 1.13. The van der Waals surface area contributed by atoms with Crippen LogP contribution in [0, 0.1) is 23.7 Å². The number of rotatable bonds is 6. The summed E-state index contributed by atoms with van der Waals surface area (Å²) in [6, 6.07) is 0. The van der Waals surface area contributed by atoms with Crippen molar-refractivity contribution in [3.05, 3.63) is 0 Å². The summed E-state index contributed by atoms with van der Waals surface area (Å²) >= 11 is 0. The molecule has 8 heteroatoms. The number of aliphatic hydroxyl groups is 2. The van der Waals surface area contributed by atoms with Crippen LogP contribution < -0.4 is 5.73 Å². The second-order valence-corrected chi connectivity index (χ2v) is 10.9. The van der Waals surface area contributed by atoms with Gasteiger partial charge in [-0.25, -0.2) is 0 Å². The third-order valence-electron chi connectivity index (χ3n) is 8.62. The van der Waals surface area contributed by atoms with Gasteiger partial charge in [0.2, 0.25) is 11.8 Å². The maximum Gasteiger partial charge on any atom is 0.248 e.